The Balaban J connectivity index is 2.74. The maximum absolute atomic E-state index is 10.6. The molecule has 0 radical (unpaired) electrons. The van der Waals surface area contributed by atoms with Crippen LogP contribution in [0.1, 0.15) is 43.4 Å². The second kappa shape index (κ2) is 5.87. The number of rotatable bonds is 6. The molecule has 1 rings (SSSR count). The van der Waals surface area contributed by atoms with Gasteiger partial charge in [-0.3, -0.25) is 9.69 Å². The van der Waals surface area contributed by atoms with Crippen molar-refractivity contribution in [3.63, 3.8) is 0 Å². The lowest BCUT2D eigenvalue weighted by Crippen LogP contribution is -2.29. The van der Waals surface area contributed by atoms with Crippen LogP contribution >= 0.6 is 0 Å². The molecule has 0 aliphatic rings. The molecule has 0 fully saturated rings. The van der Waals surface area contributed by atoms with Gasteiger partial charge in [-0.1, -0.05) is 6.92 Å². The van der Waals surface area contributed by atoms with Crippen LogP contribution in [0.3, 0.4) is 0 Å². The first kappa shape index (κ1) is 13.8. The van der Waals surface area contributed by atoms with Gasteiger partial charge in [0, 0.05) is 18.2 Å². The molecule has 17 heavy (non-hydrogen) atoms. The summed E-state index contributed by atoms with van der Waals surface area (Å²) in [7, 11) is 0. The Kier molecular flexibility index (Phi) is 4.75. The molecule has 0 saturated heterocycles. The predicted molar refractivity (Wildman–Crippen MR) is 66.1 cm³/mol. The number of furan rings is 1. The first-order chi connectivity index (χ1) is 7.95. The molecule has 1 aromatic rings. The average Bonchev–Trinajstić information content (AvgIpc) is 2.58. The second-order valence-corrected chi connectivity index (χ2v) is 4.32. The third-order valence-corrected chi connectivity index (χ3v) is 3.10. The summed E-state index contributed by atoms with van der Waals surface area (Å²) < 4.78 is 5.51. The number of carboxylic acid groups (broad SMARTS) is 1. The number of nitrogens with zero attached hydrogens (tertiary/aromatic N) is 1. The van der Waals surface area contributed by atoms with Crippen molar-refractivity contribution in [1.29, 1.82) is 0 Å². The van der Waals surface area contributed by atoms with Gasteiger partial charge in [0.1, 0.15) is 11.5 Å². The molecule has 1 aromatic heterocycles. The molecule has 0 bridgehead atoms. The van der Waals surface area contributed by atoms with Gasteiger partial charge in [-0.2, -0.15) is 0 Å². The van der Waals surface area contributed by atoms with Crippen molar-refractivity contribution < 1.29 is 14.3 Å². The maximum atomic E-state index is 10.6. The lowest BCUT2D eigenvalue weighted by atomic mass is 10.1. The molecular weight excluding hydrogens is 218 g/mol. The standard InChI is InChI=1S/C13H21NO3/c1-5-14(7-6-13(15)16)10(3)12-8-9(2)17-11(12)4/h8,10H,5-7H2,1-4H3,(H,15,16). The van der Waals surface area contributed by atoms with E-state index in [9.17, 15) is 4.79 Å². The van der Waals surface area contributed by atoms with E-state index in [0.717, 1.165) is 23.6 Å². The van der Waals surface area contributed by atoms with Crippen LogP contribution in [-0.4, -0.2) is 29.1 Å². The normalized spacial score (nSPS) is 13.0. The van der Waals surface area contributed by atoms with Crippen molar-refractivity contribution in [3.8, 4) is 0 Å². The Morgan fingerprint density at radius 2 is 2.18 bits per heavy atom. The van der Waals surface area contributed by atoms with Crippen molar-refractivity contribution in [3.05, 3.63) is 23.2 Å². The highest BCUT2D eigenvalue weighted by atomic mass is 16.4. The zero-order valence-corrected chi connectivity index (χ0v) is 11.0. The molecule has 0 amide bonds. The smallest absolute Gasteiger partial charge is 0.304 e. The number of carbonyl (C=O) groups is 1. The molecule has 1 atom stereocenters. The number of aryl methyl sites for hydroxylation is 2. The minimum Gasteiger partial charge on any atom is -0.481 e. The SMILES string of the molecule is CCN(CCC(=O)O)C(C)c1cc(C)oc1C. The summed E-state index contributed by atoms with van der Waals surface area (Å²) in [6.07, 6.45) is 0.175. The largest absolute Gasteiger partial charge is 0.481 e. The lowest BCUT2D eigenvalue weighted by molar-refractivity contribution is -0.137. The fourth-order valence-electron chi connectivity index (χ4n) is 2.13. The van der Waals surface area contributed by atoms with E-state index in [4.69, 9.17) is 9.52 Å². The highest BCUT2D eigenvalue weighted by molar-refractivity contribution is 5.66. The lowest BCUT2D eigenvalue weighted by Gasteiger charge is -2.26. The van der Waals surface area contributed by atoms with E-state index in [1.54, 1.807) is 0 Å². The Morgan fingerprint density at radius 1 is 1.53 bits per heavy atom. The monoisotopic (exact) mass is 239 g/mol. The molecule has 0 aromatic carbocycles. The molecule has 96 valence electrons. The van der Waals surface area contributed by atoms with Gasteiger partial charge in [-0.05, 0) is 33.4 Å². The molecule has 0 saturated carbocycles. The van der Waals surface area contributed by atoms with E-state index < -0.39 is 5.97 Å². The van der Waals surface area contributed by atoms with Crippen LogP contribution < -0.4 is 0 Å². The van der Waals surface area contributed by atoms with Gasteiger partial charge in [0.15, 0.2) is 0 Å². The van der Waals surface area contributed by atoms with E-state index in [1.807, 2.05) is 26.8 Å². The quantitative estimate of drug-likeness (QED) is 0.829. The van der Waals surface area contributed by atoms with Crippen molar-refractivity contribution >= 4 is 5.97 Å². The Morgan fingerprint density at radius 3 is 2.59 bits per heavy atom. The van der Waals surface area contributed by atoms with E-state index >= 15 is 0 Å². The molecule has 4 heteroatoms. The van der Waals surface area contributed by atoms with Crippen LogP contribution in [0.15, 0.2) is 10.5 Å². The van der Waals surface area contributed by atoms with Gasteiger partial charge in [-0.15, -0.1) is 0 Å². The first-order valence-corrected chi connectivity index (χ1v) is 5.98. The second-order valence-electron chi connectivity index (χ2n) is 4.32. The van der Waals surface area contributed by atoms with Crippen molar-refractivity contribution in [1.82, 2.24) is 4.90 Å². The number of hydrogen-bond acceptors (Lipinski definition) is 3. The number of hydrogen-bond donors (Lipinski definition) is 1. The van der Waals surface area contributed by atoms with Crippen LogP contribution in [0.25, 0.3) is 0 Å². The Bertz CT molecular complexity index is 384. The minimum atomic E-state index is -0.754. The zero-order chi connectivity index (χ0) is 13.0. The van der Waals surface area contributed by atoms with Gasteiger partial charge in [0.05, 0.1) is 6.42 Å². The maximum Gasteiger partial charge on any atom is 0.304 e. The van der Waals surface area contributed by atoms with E-state index in [0.29, 0.717) is 6.54 Å². The molecule has 0 aliphatic heterocycles. The average molecular weight is 239 g/mol. The highest BCUT2D eigenvalue weighted by Crippen LogP contribution is 2.26. The zero-order valence-electron chi connectivity index (χ0n) is 11.0. The molecule has 1 unspecified atom stereocenters. The van der Waals surface area contributed by atoms with E-state index in [2.05, 4.69) is 11.8 Å². The third kappa shape index (κ3) is 3.60. The Hall–Kier alpha value is -1.29. The summed E-state index contributed by atoms with van der Waals surface area (Å²) in [4.78, 5) is 12.7. The highest BCUT2D eigenvalue weighted by Gasteiger charge is 2.19. The number of aliphatic carboxylic acids is 1. The van der Waals surface area contributed by atoms with Crippen LogP contribution in [0.4, 0.5) is 0 Å². The minimum absolute atomic E-state index is 0.175. The van der Waals surface area contributed by atoms with Crippen LogP contribution in [0.5, 0.6) is 0 Å². The van der Waals surface area contributed by atoms with E-state index in [-0.39, 0.29) is 12.5 Å². The van der Waals surface area contributed by atoms with Crippen molar-refractivity contribution in [2.24, 2.45) is 0 Å². The van der Waals surface area contributed by atoms with Crippen LogP contribution in [0.2, 0.25) is 0 Å². The van der Waals surface area contributed by atoms with Gasteiger partial charge < -0.3 is 9.52 Å². The molecule has 4 nitrogen and oxygen atoms in total. The fourth-order valence-corrected chi connectivity index (χ4v) is 2.13. The third-order valence-electron chi connectivity index (χ3n) is 3.10. The molecular formula is C13H21NO3. The van der Waals surface area contributed by atoms with Crippen LogP contribution in [-0.2, 0) is 4.79 Å². The van der Waals surface area contributed by atoms with Crippen molar-refractivity contribution in [2.75, 3.05) is 13.1 Å². The molecule has 1 N–H and O–H groups in total. The topological polar surface area (TPSA) is 53.7 Å². The van der Waals surface area contributed by atoms with E-state index in [1.165, 1.54) is 0 Å². The van der Waals surface area contributed by atoms with Gasteiger partial charge in [0.25, 0.3) is 0 Å². The summed E-state index contributed by atoms with van der Waals surface area (Å²) in [5.41, 5.74) is 1.15. The van der Waals surface area contributed by atoms with Gasteiger partial charge in [0.2, 0.25) is 0 Å². The number of carboxylic acids is 1. The summed E-state index contributed by atoms with van der Waals surface area (Å²) >= 11 is 0. The van der Waals surface area contributed by atoms with Gasteiger partial charge in [-0.25, -0.2) is 0 Å². The summed E-state index contributed by atoms with van der Waals surface area (Å²) in [5, 5.41) is 8.72. The van der Waals surface area contributed by atoms with Gasteiger partial charge >= 0.3 is 5.97 Å². The molecule has 0 aliphatic carbocycles. The van der Waals surface area contributed by atoms with Crippen molar-refractivity contribution in [2.45, 2.75) is 40.2 Å². The summed E-state index contributed by atoms with van der Waals surface area (Å²) in [6, 6.07) is 2.22. The summed E-state index contributed by atoms with van der Waals surface area (Å²) in [5.74, 6) is 1.07. The molecule has 0 spiro atoms. The fraction of sp³-hybridized carbons (Fsp3) is 0.615. The first-order valence-electron chi connectivity index (χ1n) is 5.98. The predicted octanol–water partition coefficient (Wildman–Crippen LogP) is 2.75. The molecule has 1 heterocycles. The Labute approximate surface area is 102 Å². The summed E-state index contributed by atoms with van der Waals surface area (Å²) in [6.45, 7) is 9.40. The van der Waals surface area contributed by atoms with Crippen LogP contribution in [0, 0.1) is 13.8 Å².